The summed E-state index contributed by atoms with van der Waals surface area (Å²) >= 11 is 13.1. The molecule has 0 unspecified atom stereocenters. The van der Waals surface area contributed by atoms with Crippen LogP contribution < -0.4 is 0 Å². The number of hydrogen-bond donors (Lipinski definition) is 1. The van der Waals surface area contributed by atoms with Crippen LogP contribution in [0.3, 0.4) is 0 Å². The minimum atomic E-state index is -0.0486. The fraction of sp³-hybridized carbons (Fsp3) is 0.250. The Hall–Kier alpha value is -2.25. The van der Waals surface area contributed by atoms with E-state index < -0.39 is 0 Å². The van der Waals surface area contributed by atoms with Gasteiger partial charge in [0.05, 0.1) is 23.0 Å². The first-order valence-electron chi connectivity index (χ1n) is 8.94. The fourth-order valence-electron chi connectivity index (χ4n) is 3.20. The largest absolute Gasteiger partial charge is 0.313 e. The second-order valence-corrected chi connectivity index (χ2v) is 7.65. The summed E-state index contributed by atoms with van der Waals surface area (Å²) in [7, 11) is 0. The molecule has 0 spiro atoms. The van der Waals surface area contributed by atoms with Crippen molar-refractivity contribution in [3.05, 3.63) is 75.3 Å². The van der Waals surface area contributed by atoms with Gasteiger partial charge in [0, 0.05) is 22.2 Å². The van der Waals surface area contributed by atoms with Crippen LogP contribution in [0.5, 0.6) is 0 Å². The lowest BCUT2D eigenvalue weighted by atomic mass is 10.00. The first-order valence-corrected chi connectivity index (χ1v) is 9.70. The zero-order chi connectivity index (χ0) is 19.8. The summed E-state index contributed by atoms with van der Waals surface area (Å²) in [6.45, 7) is 4.37. The Balaban J connectivity index is 1.91. The normalized spacial score (nSPS) is 13.3. The van der Waals surface area contributed by atoms with E-state index in [4.69, 9.17) is 28.2 Å². The molecule has 4 rings (SSSR count). The quantitative estimate of drug-likeness (QED) is 0.635. The molecular formula is C20H19Cl2N5O. The smallest absolute Gasteiger partial charge is 0.159 e. The number of hydroxylamine groups is 2. The van der Waals surface area contributed by atoms with Gasteiger partial charge in [-0.25, -0.2) is 0 Å². The van der Waals surface area contributed by atoms with Gasteiger partial charge < -0.3 is 5.21 Å². The lowest BCUT2D eigenvalue weighted by molar-refractivity contribution is -0.127. The second kappa shape index (κ2) is 7.64. The third kappa shape index (κ3) is 3.33. The van der Waals surface area contributed by atoms with Gasteiger partial charge in [-0.1, -0.05) is 47.5 Å². The second-order valence-electron chi connectivity index (χ2n) is 6.84. The minimum absolute atomic E-state index is 0.0486. The van der Waals surface area contributed by atoms with Crippen molar-refractivity contribution in [1.29, 1.82) is 0 Å². The van der Waals surface area contributed by atoms with Crippen LogP contribution in [-0.4, -0.2) is 36.8 Å². The molecule has 3 aromatic rings. The van der Waals surface area contributed by atoms with E-state index in [1.807, 2.05) is 60.9 Å². The van der Waals surface area contributed by atoms with Gasteiger partial charge in [0.25, 0.3) is 0 Å². The van der Waals surface area contributed by atoms with E-state index in [1.54, 1.807) is 0 Å². The number of benzene rings is 2. The Morgan fingerprint density at radius 1 is 1.07 bits per heavy atom. The van der Waals surface area contributed by atoms with E-state index in [0.717, 1.165) is 16.8 Å². The first-order chi connectivity index (χ1) is 13.5. The monoisotopic (exact) mass is 415 g/mol. The lowest BCUT2D eigenvalue weighted by Crippen LogP contribution is -2.28. The predicted octanol–water partition coefficient (Wildman–Crippen LogP) is 4.52. The highest BCUT2D eigenvalue weighted by atomic mass is 35.5. The first kappa shape index (κ1) is 19.1. The van der Waals surface area contributed by atoms with Crippen molar-refractivity contribution >= 4 is 28.9 Å². The van der Waals surface area contributed by atoms with Crippen LogP contribution in [0.25, 0.3) is 5.69 Å². The molecule has 0 saturated carbocycles. The van der Waals surface area contributed by atoms with Gasteiger partial charge in [0.15, 0.2) is 11.6 Å². The molecule has 1 aliphatic rings. The highest BCUT2D eigenvalue weighted by Gasteiger charge is 2.26. The minimum Gasteiger partial charge on any atom is -0.313 e. The molecule has 6 nitrogen and oxygen atoms in total. The fourth-order valence-corrected chi connectivity index (χ4v) is 3.68. The molecule has 0 bridgehead atoms. The number of aromatic nitrogens is 3. The summed E-state index contributed by atoms with van der Waals surface area (Å²) in [5.41, 5.74) is 3.11. The number of aliphatic imine (C=N–C) groups is 1. The van der Waals surface area contributed by atoms with Gasteiger partial charge >= 0.3 is 0 Å². The summed E-state index contributed by atoms with van der Waals surface area (Å²) < 4.78 is 1.92. The van der Waals surface area contributed by atoms with Crippen molar-refractivity contribution in [3.8, 4) is 5.69 Å². The summed E-state index contributed by atoms with van der Waals surface area (Å²) in [6.07, 6.45) is 0. The van der Waals surface area contributed by atoms with Gasteiger partial charge in [0.2, 0.25) is 0 Å². The maximum atomic E-state index is 10.2. The van der Waals surface area contributed by atoms with Crippen LogP contribution in [0.1, 0.15) is 36.6 Å². The zero-order valence-electron chi connectivity index (χ0n) is 15.5. The standard InChI is InChI=1S/C20H19Cl2N5O/c1-12(2)26(28)11-18-25-24-17-10-23-20(13-6-3-4-7-14(13)21)19-15(22)8-5-9-16(19)27(17)18/h3-9,12,28H,10-11H2,1-2H3. The number of rotatable bonds is 4. The summed E-state index contributed by atoms with van der Waals surface area (Å²) in [5.74, 6) is 1.29. The molecule has 0 aliphatic carbocycles. The van der Waals surface area contributed by atoms with Crippen LogP contribution in [0.4, 0.5) is 0 Å². The molecule has 1 aromatic heterocycles. The van der Waals surface area contributed by atoms with E-state index in [0.29, 0.717) is 34.0 Å². The molecule has 0 amide bonds. The number of hydrogen-bond acceptors (Lipinski definition) is 5. The van der Waals surface area contributed by atoms with Crippen molar-refractivity contribution < 1.29 is 5.21 Å². The Bertz CT molecular complexity index is 1060. The zero-order valence-corrected chi connectivity index (χ0v) is 17.0. The highest BCUT2D eigenvalue weighted by molar-refractivity contribution is 6.39. The van der Waals surface area contributed by atoms with Gasteiger partial charge in [0.1, 0.15) is 6.54 Å². The van der Waals surface area contributed by atoms with Gasteiger partial charge in [-0.2, -0.15) is 5.06 Å². The maximum absolute atomic E-state index is 10.2. The molecule has 8 heteroatoms. The number of nitrogens with zero attached hydrogens (tertiary/aromatic N) is 5. The van der Waals surface area contributed by atoms with Crippen LogP contribution in [0.15, 0.2) is 47.5 Å². The van der Waals surface area contributed by atoms with Crippen molar-refractivity contribution in [1.82, 2.24) is 19.8 Å². The average molecular weight is 416 g/mol. The molecule has 1 aliphatic heterocycles. The topological polar surface area (TPSA) is 66.5 Å². The SMILES string of the molecule is CC(C)N(O)Cc1nnc2n1-c1cccc(Cl)c1C(c1ccccc1Cl)=NC2. The molecule has 0 atom stereocenters. The molecule has 2 heterocycles. The van der Waals surface area contributed by atoms with E-state index in [2.05, 4.69) is 10.2 Å². The number of fused-ring (bicyclic) bond motifs is 3. The lowest BCUT2D eigenvalue weighted by Gasteiger charge is -2.20. The molecule has 0 radical (unpaired) electrons. The molecule has 1 N–H and O–H groups in total. The maximum Gasteiger partial charge on any atom is 0.159 e. The molecule has 0 fully saturated rings. The van der Waals surface area contributed by atoms with Crippen molar-refractivity contribution in [2.45, 2.75) is 33.0 Å². The van der Waals surface area contributed by atoms with E-state index >= 15 is 0 Å². The molecular weight excluding hydrogens is 397 g/mol. The predicted molar refractivity (Wildman–Crippen MR) is 110 cm³/mol. The van der Waals surface area contributed by atoms with Crippen LogP contribution >= 0.6 is 23.2 Å². The third-order valence-corrected chi connectivity index (χ3v) is 5.32. The van der Waals surface area contributed by atoms with Crippen molar-refractivity contribution in [2.24, 2.45) is 4.99 Å². The Morgan fingerprint density at radius 2 is 1.82 bits per heavy atom. The van der Waals surface area contributed by atoms with Crippen molar-refractivity contribution in [2.75, 3.05) is 0 Å². The van der Waals surface area contributed by atoms with Gasteiger partial charge in [-0.05, 0) is 32.0 Å². The van der Waals surface area contributed by atoms with E-state index in [-0.39, 0.29) is 12.6 Å². The van der Waals surface area contributed by atoms with Crippen LogP contribution in [-0.2, 0) is 13.1 Å². The van der Waals surface area contributed by atoms with E-state index in [9.17, 15) is 5.21 Å². The average Bonchev–Trinajstić information content (AvgIpc) is 2.97. The molecule has 28 heavy (non-hydrogen) atoms. The van der Waals surface area contributed by atoms with Gasteiger partial charge in [-0.3, -0.25) is 9.56 Å². The Morgan fingerprint density at radius 3 is 2.57 bits per heavy atom. The molecule has 0 saturated heterocycles. The Kier molecular flexibility index (Phi) is 5.21. The van der Waals surface area contributed by atoms with Crippen molar-refractivity contribution in [3.63, 3.8) is 0 Å². The molecule has 2 aromatic carbocycles. The molecule has 144 valence electrons. The Labute approximate surface area is 173 Å². The summed E-state index contributed by atoms with van der Waals surface area (Å²) in [5, 5.41) is 21.2. The van der Waals surface area contributed by atoms with Crippen LogP contribution in [0.2, 0.25) is 10.0 Å². The van der Waals surface area contributed by atoms with Crippen LogP contribution in [0, 0.1) is 0 Å². The highest BCUT2D eigenvalue weighted by Crippen LogP contribution is 2.33. The third-order valence-electron chi connectivity index (χ3n) is 4.67. The summed E-state index contributed by atoms with van der Waals surface area (Å²) in [6, 6.07) is 13.2. The van der Waals surface area contributed by atoms with Gasteiger partial charge in [-0.15, -0.1) is 10.2 Å². The summed E-state index contributed by atoms with van der Waals surface area (Å²) in [4.78, 5) is 4.77. The number of halogens is 2. The van der Waals surface area contributed by atoms with E-state index in [1.165, 1.54) is 5.06 Å².